The zero-order chi connectivity index (χ0) is 23.1. The average Bonchev–Trinajstić information content (AvgIpc) is 2.79. The minimum absolute atomic E-state index is 0.0353. The fourth-order valence-electron chi connectivity index (χ4n) is 3.17. The number of anilines is 1. The molecule has 0 fully saturated rings. The first-order chi connectivity index (χ1) is 15.3. The van der Waals surface area contributed by atoms with Crippen molar-refractivity contribution >= 4 is 21.6 Å². The third-order valence-corrected chi connectivity index (χ3v) is 6.44. The number of nitrogens with one attached hydrogen (secondary N) is 2. The molecule has 0 aromatic heterocycles. The van der Waals surface area contributed by atoms with Crippen LogP contribution in [-0.4, -0.2) is 35.1 Å². The second-order valence-electron chi connectivity index (χ2n) is 7.13. The number of aryl methyl sites for hydroxylation is 1. The number of amides is 1. The van der Waals surface area contributed by atoms with Crippen molar-refractivity contribution in [1.82, 2.24) is 4.72 Å². The molecule has 0 atom stereocenters. The third kappa shape index (κ3) is 5.66. The smallest absolute Gasteiger partial charge is 0.256 e. The summed E-state index contributed by atoms with van der Waals surface area (Å²) in [6, 6.07) is 18.9. The summed E-state index contributed by atoms with van der Waals surface area (Å²) < 4.78 is 38.6. The van der Waals surface area contributed by atoms with E-state index in [4.69, 9.17) is 9.47 Å². The van der Waals surface area contributed by atoms with Crippen LogP contribution in [0.2, 0.25) is 0 Å². The first kappa shape index (κ1) is 23.3. The molecule has 0 bridgehead atoms. The Morgan fingerprint density at radius 3 is 2.31 bits per heavy atom. The van der Waals surface area contributed by atoms with E-state index in [1.807, 2.05) is 43.3 Å². The Hall–Kier alpha value is -3.36. The number of sulfonamides is 1. The van der Waals surface area contributed by atoms with E-state index in [-0.39, 0.29) is 23.0 Å². The molecule has 0 radical (unpaired) electrons. The highest BCUT2D eigenvalue weighted by molar-refractivity contribution is 7.89. The van der Waals surface area contributed by atoms with Crippen molar-refractivity contribution in [1.29, 1.82) is 0 Å². The molecule has 1 amide bonds. The molecule has 168 valence electrons. The van der Waals surface area contributed by atoms with Crippen LogP contribution in [0.25, 0.3) is 0 Å². The van der Waals surface area contributed by atoms with Crippen LogP contribution in [-0.2, 0) is 16.4 Å². The van der Waals surface area contributed by atoms with E-state index in [9.17, 15) is 13.2 Å². The molecule has 2 N–H and O–H groups in total. The normalized spacial score (nSPS) is 11.1. The standard InChI is InChI=1S/C24H26N2O5S/c1-17-6-4-5-7-21(17)24(27)26-22-16-20(12-13-23(22)31-3)32(28,29)25-15-14-18-8-10-19(30-2)11-9-18/h4-13,16,25H,14-15H2,1-3H3,(H,26,27). The van der Waals surface area contributed by atoms with Crippen molar-refractivity contribution in [2.24, 2.45) is 0 Å². The van der Waals surface area contributed by atoms with Gasteiger partial charge in [-0.2, -0.15) is 0 Å². The Balaban J connectivity index is 1.73. The third-order valence-electron chi connectivity index (χ3n) is 4.98. The Bertz CT molecular complexity index is 1190. The lowest BCUT2D eigenvalue weighted by atomic mass is 10.1. The maximum atomic E-state index is 12.8. The minimum Gasteiger partial charge on any atom is -0.497 e. The summed E-state index contributed by atoms with van der Waals surface area (Å²) in [6.07, 6.45) is 0.524. The molecular weight excluding hydrogens is 428 g/mol. The van der Waals surface area contributed by atoms with Crippen molar-refractivity contribution in [2.45, 2.75) is 18.2 Å². The van der Waals surface area contributed by atoms with Crippen molar-refractivity contribution in [3.63, 3.8) is 0 Å². The van der Waals surface area contributed by atoms with Crippen LogP contribution in [0.4, 0.5) is 5.69 Å². The molecule has 7 nitrogen and oxygen atoms in total. The highest BCUT2D eigenvalue weighted by Crippen LogP contribution is 2.28. The monoisotopic (exact) mass is 454 g/mol. The fourth-order valence-corrected chi connectivity index (χ4v) is 4.23. The van der Waals surface area contributed by atoms with Crippen molar-refractivity contribution in [2.75, 3.05) is 26.1 Å². The van der Waals surface area contributed by atoms with Crippen molar-refractivity contribution < 1.29 is 22.7 Å². The van der Waals surface area contributed by atoms with Gasteiger partial charge in [-0.25, -0.2) is 13.1 Å². The Labute approximate surface area is 188 Å². The predicted molar refractivity (Wildman–Crippen MR) is 124 cm³/mol. The molecule has 0 unspecified atom stereocenters. The Morgan fingerprint density at radius 1 is 0.938 bits per heavy atom. The molecule has 8 heteroatoms. The van der Waals surface area contributed by atoms with E-state index >= 15 is 0 Å². The summed E-state index contributed by atoms with van der Waals surface area (Å²) in [7, 11) is -0.730. The highest BCUT2D eigenvalue weighted by atomic mass is 32.2. The zero-order valence-electron chi connectivity index (χ0n) is 18.2. The summed E-state index contributed by atoms with van der Waals surface area (Å²) >= 11 is 0. The summed E-state index contributed by atoms with van der Waals surface area (Å²) in [6.45, 7) is 2.06. The summed E-state index contributed by atoms with van der Waals surface area (Å²) in [4.78, 5) is 12.7. The van der Waals surface area contributed by atoms with Gasteiger partial charge >= 0.3 is 0 Å². The van der Waals surface area contributed by atoms with E-state index in [1.54, 1.807) is 19.2 Å². The fraction of sp³-hybridized carbons (Fsp3) is 0.208. The molecular formula is C24H26N2O5S. The summed E-state index contributed by atoms with van der Waals surface area (Å²) in [5.74, 6) is 0.764. The Morgan fingerprint density at radius 2 is 1.66 bits per heavy atom. The highest BCUT2D eigenvalue weighted by Gasteiger charge is 2.18. The molecule has 3 rings (SSSR count). The largest absolute Gasteiger partial charge is 0.497 e. The summed E-state index contributed by atoms with van der Waals surface area (Å²) in [5, 5.41) is 2.76. The van der Waals surface area contributed by atoms with E-state index in [1.165, 1.54) is 25.3 Å². The van der Waals surface area contributed by atoms with Gasteiger partial charge in [-0.3, -0.25) is 4.79 Å². The molecule has 0 aliphatic heterocycles. The van der Waals surface area contributed by atoms with Crippen LogP contribution in [0.15, 0.2) is 71.6 Å². The molecule has 3 aromatic rings. The number of benzene rings is 3. The molecule has 0 aliphatic rings. The second kappa shape index (κ2) is 10.3. The lowest BCUT2D eigenvalue weighted by molar-refractivity contribution is 0.102. The van der Waals surface area contributed by atoms with Crippen LogP contribution >= 0.6 is 0 Å². The zero-order valence-corrected chi connectivity index (χ0v) is 19.0. The number of rotatable bonds is 9. The number of methoxy groups -OCH3 is 2. The first-order valence-electron chi connectivity index (χ1n) is 10.0. The number of carbonyl (C=O) groups is 1. The topological polar surface area (TPSA) is 93.7 Å². The van der Waals surface area contributed by atoms with Gasteiger partial charge in [0.2, 0.25) is 10.0 Å². The SMILES string of the molecule is COc1ccc(CCNS(=O)(=O)c2ccc(OC)c(NC(=O)c3ccccc3C)c2)cc1. The summed E-state index contributed by atoms with van der Waals surface area (Å²) in [5.41, 5.74) is 2.57. The van der Waals surface area contributed by atoms with Gasteiger partial charge in [-0.1, -0.05) is 30.3 Å². The van der Waals surface area contributed by atoms with Gasteiger partial charge in [-0.05, 0) is 60.9 Å². The maximum absolute atomic E-state index is 12.8. The van der Waals surface area contributed by atoms with Crippen LogP contribution in [0.3, 0.4) is 0 Å². The van der Waals surface area contributed by atoms with Gasteiger partial charge in [0.25, 0.3) is 5.91 Å². The molecule has 0 saturated carbocycles. The predicted octanol–water partition coefficient (Wildman–Crippen LogP) is 3.79. The van der Waals surface area contributed by atoms with Crippen molar-refractivity contribution in [3.8, 4) is 11.5 Å². The quantitative estimate of drug-likeness (QED) is 0.513. The second-order valence-corrected chi connectivity index (χ2v) is 8.89. The van der Waals surface area contributed by atoms with Gasteiger partial charge in [0.15, 0.2) is 0 Å². The van der Waals surface area contributed by atoms with E-state index < -0.39 is 10.0 Å². The van der Waals surface area contributed by atoms with Gasteiger partial charge in [0.1, 0.15) is 11.5 Å². The van der Waals surface area contributed by atoms with Crippen LogP contribution in [0.5, 0.6) is 11.5 Å². The van der Waals surface area contributed by atoms with E-state index in [0.717, 1.165) is 16.9 Å². The van der Waals surface area contributed by atoms with E-state index in [2.05, 4.69) is 10.0 Å². The van der Waals surface area contributed by atoms with Gasteiger partial charge in [0.05, 0.1) is 24.8 Å². The first-order valence-corrected chi connectivity index (χ1v) is 11.5. The minimum atomic E-state index is -3.78. The van der Waals surface area contributed by atoms with E-state index in [0.29, 0.717) is 17.7 Å². The molecule has 3 aromatic carbocycles. The average molecular weight is 455 g/mol. The number of carbonyl (C=O) groups excluding carboxylic acids is 1. The van der Waals surface area contributed by atoms with Gasteiger partial charge in [0, 0.05) is 12.1 Å². The molecule has 0 aliphatic carbocycles. The molecule has 0 saturated heterocycles. The number of hydrogen-bond donors (Lipinski definition) is 2. The maximum Gasteiger partial charge on any atom is 0.256 e. The van der Waals surface area contributed by atoms with Crippen LogP contribution < -0.4 is 19.5 Å². The van der Waals surface area contributed by atoms with Gasteiger partial charge in [-0.15, -0.1) is 0 Å². The molecule has 32 heavy (non-hydrogen) atoms. The van der Waals surface area contributed by atoms with Crippen LogP contribution in [0, 0.1) is 6.92 Å². The van der Waals surface area contributed by atoms with Crippen LogP contribution in [0.1, 0.15) is 21.5 Å². The number of hydrogen-bond acceptors (Lipinski definition) is 5. The molecule has 0 spiro atoms. The lowest BCUT2D eigenvalue weighted by Crippen LogP contribution is -2.26. The number of ether oxygens (including phenoxy) is 2. The lowest BCUT2D eigenvalue weighted by Gasteiger charge is -2.14. The molecule has 0 heterocycles. The van der Waals surface area contributed by atoms with Gasteiger partial charge < -0.3 is 14.8 Å². The van der Waals surface area contributed by atoms with Crippen molar-refractivity contribution in [3.05, 3.63) is 83.4 Å². The Kier molecular flexibility index (Phi) is 7.50.